The maximum Gasteiger partial charge on any atom is 0.0725 e. The van der Waals surface area contributed by atoms with Gasteiger partial charge in [0.2, 0.25) is 0 Å². The van der Waals surface area contributed by atoms with Gasteiger partial charge in [0, 0.05) is 23.5 Å². The van der Waals surface area contributed by atoms with Gasteiger partial charge in [-0.05, 0) is 91.3 Å². The Morgan fingerprint density at radius 1 is 0.395 bits per heavy atom. The Labute approximate surface area is 251 Å². The maximum absolute atomic E-state index is 4.98. The second-order valence-corrected chi connectivity index (χ2v) is 11.1. The van der Waals surface area contributed by atoms with Crippen LogP contribution in [0.25, 0.3) is 77.1 Å². The summed E-state index contributed by atoms with van der Waals surface area (Å²) >= 11 is 0. The lowest BCUT2D eigenvalue weighted by molar-refractivity contribution is 1.24. The van der Waals surface area contributed by atoms with Crippen LogP contribution in [-0.2, 0) is 0 Å². The molecule has 0 fully saturated rings. The summed E-state index contributed by atoms with van der Waals surface area (Å²) in [6.45, 7) is 2.06. The van der Waals surface area contributed by atoms with Crippen molar-refractivity contribution in [1.82, 2.24) is 9.97 Å². The number of benzene rings is 6. The van der Waals surface area contributed by atoms with Crippen molar-refractivity contribution in [2.75, 3.05) is 0 Å². The van der Waals surface area contributed by atoms with Crippen molar-refractivity contribution in [3.8, 4) is 44.8 Å². The zero-order chi connectivity index (χ0) is 28.8. The van der Waals surface area contributed by atoms with Gasteiger partial charge in [0.1, 0.15) is 0 Å². The van der Waals surface area contributed by atoms with E-state index in [1.165, 1.54) is 54.6 Å². The third kappa shape index (κ3) is 4.45. The van der Waals surface area contributed by atoms with Crippen LogP contribution in [0.1, 0.15) is 5.56 Å². The first-order valence-electron chi connectivity index (χ1n) is 14.7. The maximum atomic E-state index is 4.98. The third-order valence-corrected chi connectivity index (χ3v) is 8.36. The number of hydrogen-bond donors (Lipinski definition) is 0. The van der Waals surface area contributed by atoms with Crippen molar-refractivity contribution in [3.05, 3.63) is 157 Å². The molecule has 6 aromatic carbocycles. The highest BCUT2D eigenvalue weighted by atomic mass is 14.7. The number of hydrogen-bond acceptors (Lipinski definition) is 2. The Morgan fingerprint density at radius 2 is 0.930 bits per heavy atom. The number of fused-ring (bicyclic) bond motifs is 3. The van der Waals surface area contributed by atoms with Gasteiger partial charge in [-0.15, -0.1) is 0 Å². The summed E-state index contributed by atoms with van der Waals surface area (Å²) in [6, 6.07) is 50.2. The van der Waals surface area contributed by atoms with Gasteiger partial charge in [-0.1, -0.05) is 115 Å². The van der Waals surface area contributed by atoms with E-state index in [4.69, 9.17) is 4.98 Å². The molecule has 0 saturated carbocycles. The largest absolute Gasteiger partial charge is 0.264 e. The van der Waals surface area contributed by atoms with Gasteiger partial charge >= 0.3 is 0 Å². The first-order valence-corrected chi connectivity index (χ1v) is 14.7. The fourth-order valence-electron chi connectivity index (χ4n) is 6.35. The van der Waals surface area contributed by atoms with E-state index in [9.17, 15) is 0 Å². The molecule has 0 bridgehead atoms. The van der Waals surface area contributed by atoms with Crippen molar-refractivity contribution < 1.29 is 0 Å². The summed E-state index contributed by atoms with van der Waals surface area (Å²) in [6.07, 6.45) is 3.74. The average Bonchev–Trinajstić information content (AvgIpc) is 3.07. The molecule has 8 aromatic rings. The Bertz CT molecular complexity index is 2240. The van der Waals surface area contributed by atoms with Crippen LogP contribution in [0.2, 0.25) is 0 Å². The predicted octanol–water partition coefficient (Wildman–Crippen LogP) is 10.9. The first-order chi connectivity index (χ1) is 21.2. The van der Waals surface area contributed by atoms with Gasteiger partial charge in [-0.25, -0.2) is 4.98 Å². The van der Waals surface area contributed by atoms with Gasteiger partial charge in [0.25, 0.3) is 0 Å². The number of rotatable bonds is 4. The number of pyridine rings is 2. The van der Waals surface area contributed by atoms with Crippen molar-refractivity contribution >= 4 is 32.3 Å². The minimum absolute atomic E-state index is 0.930. The lowest BCUT2D eigenvalue weighted by atomic mass is 9.85. The summed E-state index contributed by atoms with van der Waals surface area (Å²) < 4.78 is 0. The fraction of sp³-hybridized carbons (Fsp3) is 0.0244. The van der Waals surface area contributed by atoms with E-state index >= 15 is 0 Å². The molecule has 0 amide bonds. The highest BCUT2D eigenvalue weighted by molar-refractivity contribution is 6.21. The van der Waals surface area contributed by atoms with Crippen LogP contribution in [-0.4, -0.2) is 9.97 Å². The molecule has 2 heteroatoms. The zero-order valence-electron chi connectivity index (χ0n) is 23.8. The molecule has 0 spiro atoms. The third-order valence-electron chi connectivity index (χ3n) is 8.36. The van der Waals surface area contributed by atoms with E-state index in [0.29, 0.717) is 0 Å². The molecular formula is C41H28N2. The van der Waals surface area contributed by atoms with Gasteiger partial charge in [-0.3, -0.25) is 4.98 Å². The SMILES string of the molecule is Cc1cncc(-c2cccc(-c3ccc(-c4c5ccccc5c(-c5ccc6ccccc6c5)c5ccccc45)cc3)n2)c1. The number of nitrogens with zero attached hydrogens (tertiary/aromatic N) is 2. The fourth-order valence-corrected chi connectivity index (χ4v) is 6.35. The van der Waals surface area contributed by atoms with Crippen LogP contribution in [0.4, 0.5) is 0 Å². The van der Waals surface area contributed by atoms with Crippen LogP contribution in [0, 0.1) is 6.92 Å². The Hall–Kier alpha value is -5.60. The van der Waals surface area contributed by atoms with E-state index in [1.807, 2.05) is 18.5 Å². The van der Waals surface area contributed by atoms with E-state index in [-0.39, 0.29) is 0 Å². The molecular weight excluding hydrogens is 520 g/mol. The van der Waals surface area contributed by atoms with Crippen LogP contribution >= 0.6 is 0 Å². The van der Waals surface area contributed by atoms with Crippen molar-refractivity contribution in [2.45, 2.75) is 6.92 Å². The van der Waals surface area contributed by atoms with E-state index in [0.717, 1.165) is 28.1 Å². The minimum Gasteiger partial charge on any atom is -0.264 e. The minimum atomic E-state index is 0.930. The van der Waals surface area contributed by atoms with Crippen molar-refractivity contribution in [1.29, 1.82) is 0 Å². The molecule has 0 saturated heterocycles. The van der Waals surface area contributed by atoms with E-state index < -0.39 is 0 Å². The number of aromatic nitrogens is 2. The van der Waals surface area contributed by atoms with E-state index in [1.54, 1.807) is 0 Å². The molecule has 0 N–H and O–H groups in total. The van der Waals surface area contributed by atoms with E-state index in [2.05, 4.69) is 145 Å². The second kappa shape index (κ2) is 10.3. The summed E-state index contributed by atoms with van der Waals surface area (Å²) in [5.41, 5.74) is 10.1. The van der Waals surface area contributed by atoms with Gasteiger partial charge < -0.3 is 0 Å². The average molecular weight is 549 g/mol. The van der Waals surface area contributed by atoms with Crippen LogP contribution in [0.3, 0.4) is 0 Å². The quantitative estimate of drug-likeness (QED) is 0.204. The Balaban J connectivity index is 1.28. The molecule has 0 unspecified atom stereocenters. The van der Waals surface area contributed by atoms with Gasteiger partial charge in [0.05, 0.1) is 11.4 Å². The molecule has 2 heterocycles. The highest BCUT2D eigenvalue weighted by Crippen LogP contribution is 2.44. The molecule has 2 nitrogen and oxygen atoms in total. The normalized spacial score (nSPS) is 11.4. The molecule has 43 heavy (non-hydrogen) atoms. The molecule has 0 atom stereocenters. The van der Waals surface area contributed by atoms with Crippen molar-refractivity contribution in [2.24, 2.45) is 0 Å². The Kier molecular flexibility index (Phi) is 6.05. The van der Waals surface area contributed by atoms with Crippen molar-refractivity contribution in [3.63, 3.8) is 0 Å². The lowest BCUT2D eigenvalue weighted by Gasteiger charge is -2.18. The van der Waals surface area contributed by atoms with Crippen LogP contribution in [0.15, 0.2) is 152 Å². The summed E-state index contributed by atoms with van der Waals surface area (Å²) in [4.78, 5) is 9.34. The first kappa shape index (κ1) is 25.1. The van der Waals surface area contributed by atoms with Crippen LogP contribution < -0.4 is 0 Å². The topological polar surface area (TPSA) is 25.8 Å². The van der Waals surface area contributed by atoms with Gasteiger partial charge in [-0.2, -0.15) is 0 Å². The monoisotopic (exact) mass is 548 g/mol. The molecule has 202 valence electrons. The summed E-state index contributed by atoms with van der Waals surface area (Å²) in [5.74, 6) is 0. The zero-order valence-corrected chi connectivity index (χ0v) is 23.8. The molecule has 0 aliphatic carbocycles. The second-order valence-electron chi connectivity index (χ2n) is 11.1. The molecule has 0 radical (unpaired) electrons. The summed E-state index contributed by atoms with van der Waals surface area (Å²) in [7, 11) is 0. The standard InChI is InChI=1S/C41H28N2/c1-27-23-33(26-42-25-27)39-16-8-15-38(43-39)29-18-20-30(21-19-29)40-34-11-4-6-13-36(34)41(37-14-7-5-12-35(37)40)32-22-17-28-9-2-3-10-31(28)24-32/h2-26H,1H3. The highest BCUT2D eigenvalue weighted by Gasteiger charge is 2.17. The van der Waals surface area contributed by atoms with Gasteiger partial charge in [0.15, 0.2) is 0 Å². The smallest absolute Gasteiger partial charge is 0.0725 e. The Morgan fingerprint density at radius 3 is 1.58 bits per heavy atom. The summed E-state index contributed by atoms with van der Waals surface area (Å²) in [5, 5.41) is 7.54. The molecule has 0 aliphatic heterocycles. The molecule has 8 rings (SSSR count). The molecule has 2 aromatic heterocycles. The number of aryl methyl sites for hydroxylation is 1. The predicted molar refractivity (Wildman–Crippen MR) is 181 cm³/mol. The van der Waals surface area contributed by atoms with Crippen LogP contribution in [0.5, 0.6) is 0 Å². The lowest BCUT2D eigenvalue weighted by Crippen LogP contribution is -1.92. The molecule has 0 aliphatic rings.